The third-order valence-corrected chi connectivity index (χ3v) is 4.10. The highest BCUT2D eigenvalue weighted by atomic mass is 16.3. The summed E-state index contributed by atoms with van der Waals surface area (Å²) < 4.78 is 5.66. The van der Waals surface area contributed by atoms with E-state index in [4.69, 9.17) is 4.42 Å². The highest BCUT2D eigenvalue weighted by Crippen LogP contribution is 2.35. The van der Waals surface area contributed by atoms with E-state index in [1.807, 2.05) is 6.26 Å². The summed E-state index contributed by atoms with van der Waals surface area (Å²) in [5.74, 6) is 2.71. The summed E-state index contributed by atoms with van der Waals surface area (Å²) in [5, 5.41) is 3.49. The van der Waals surface area contributed by atoms with Crippen molar-refractivity contribution in [1.82, 2.24) is 10.2 Å². The number of rotatable bonds is 8. The maximum atomic E-state index is 5.66. The van der Waals surface area contributed by atoms with Gasteiger partial charge >= 0.3 is 0 Å². The van der Waals surface area contributed by atoms with Gasteiger partial charge in [0.1, 0.15) is 5.76 Å². The molecular weight excluding hydrogens is 236 g/mol. The van der Waals surface area contributed by atoms with E-state index in [0.717, 1.165) is 31.3 Å². The van der Waals surface area contributed by atoms with Crippen molar-refractivity contribution in [3.8, 4) is 0 Å². The van der Waals surface area contributed by atoms with Crippen LogP contribution in [0.1, 0.15) is 44.9 Å². The Morgan fingerprint density at radius 2 is 2.11 bits per heavy atom. The minimum Gasteiger partial charge on any atom is -0.468 e. The summed E-state index contributed by atoms with van der Waals surface area (Å²) in [6, 6.07) is 2.76. The maximum Gasteiger partial charge on any atom is 0.122 e. The lowest BCUT2D eigenvalue weighted by Crippen LogP contribution is -2.30. The summed E-state index contributed by atoms with van der Waals surface area (Å²) in [5.41, 5.74) is 1.30. The molecule has 1 N–H and O–H groups in total. The van der Waals surface area contributed by atoms with Crippen LogP contribution in [0, 0.1) is 11.8 Å². The van der Waals surface area contributed by atoms with E-state index in [-0.39, 0.29) is 0 Å². The van der Waals surface area contributed by atoms with Gasteiger partial charge in [-0.25, -0.2) is 0 Å². The lowest BCUT2D eigenvalue weighted by atomic mass is 10.1. The third-order valence-electron chi connectivity index (χ3n) is 4.10. The van der Waals surface area contributed by atoms with Crippen LogP contribution in [0.3, 0.4) is 0 Å². The molecule has 1 unspecified atom stereocenters. The van der Waals surface area contributed by atoms with Crippen LogP contribution in [0.2, 0.25) is 0 Å². The van der Waals surface area contributed by atoms with Crippen molar-refractivity contribution in [2.75, 3.05) is 13.6 Å². The molecule has 0 radical (unpaired) electrons. The first-order valence-electron chi connectivity index (χ1n) is 7.54. The minimum absolute atomic E-state index is 0.668. The Balaban J connectivity index is 1.84. The molecule has 0 saturated heterocycles. The average Bonchev–Trinajstić information content (AvgIpc) is 3.11. The summed E-state index contributed by atoms with van der Waals surface area (Å²) in [6.45, 7) is 9.68. The van der Waals surface area contributed by atoms with Crippen molar-refractivity contribution in [3.05, 3.63) is 23.7 Å². The van der Waals surface area contributed by atoms with Crippen LogP contribution >= 0.6 is 0 Å². The number of furan rings is 1. The van der Waals surface area contributed by atoms with Gasteiger partial charge in [-0.1, -0.05) is 13.8 Å². The van der Waals surface area contributed by atoms with Crippen LogP contribution in [-0.2, 0) is 13.1 Å². The Morgan fingerprint density at radius 3 is 2.74 bits per heavy atom. The van der Waals surface area contributed by atoms with Crippen molar-refractivity contribution in [1.29, 1.82) is 0 Å². The molecule has 1 aromatic rings. The maximum absolute atomic E-state index is 5.66. The number of nitrogens with one attached hydrogen (secondary N) is 1. The van der Waals surface area contributed by atoms with Gasteiger partial charge in [-0.2, -0.15) is 0 Å². The van der Waals surface area contributed by atoms with Crippen LogP contribution in [-0.4, -0.2) is 24.5 Å². The van der Waals surface area contributed by atoms with E-state index >= 15 is 0 Å². The topological polar surface area (TPSA) is 28.4 Å². The van der Waals surface area contributed by atoms with Crippen LogP contribution < -0.4 is 5.32 Å². The van der Waals surface area contributed by atoms with Gasteiger partial charge in [0.2, 0.25) is 0 Å². The summed E-state index contributed by atoms with van der Waals surface area (Å²) in [7, 11) is 2.21. The smallest absolute Gasteiger partial charge is 0.122 e. The monoisotopic (exact) mass is 264 g/mol. The fourth-order valence-corrected chi connectivity index (χ4v) is 2.47. The molecule has 0 spiro atoms. The number of hydrogen-bond donors (Lipinski definition) is 1. The predicted octanol–water partition coefficient (Wildman–Crippen LogP) is 3.26. The zero-order valence-corrected chi connectivity index (χ0v) is 12.8. The van der Waals surface area contributed by atoms with Gasteiger partial charge in [-0.05, 0) is 51.3 Å². The molecule has 3 nitrogen and oxygen atoms in total. The zero-order valence-electron chi connectivity index (χ0n) is 12.8. The second-order valence-corrected chi connectivity index (χ2v) is 6.39. The number of hydrogen-bond acceptors (Lipinski definition) is 3. The van der Waals surface area contributed by atoms with Crippen LogP contribution in [0.4, 0.5) is 0 Å². The lowest BCUT2D eigenvalue weighted by Gasteiger charge is -2.24. The Labute approximate surface area is 117 Å². The molecule has 1 aliphatic rings. The van der Waals surface area contributed by atoms with Gasteiger partial charge in [0, 0.05) is 18.2 Å². The molecule has 3 heteroatoms. The first-order chi connectivity index (χ1) is 9.08. The molecule has 0 aromatic carbocycles. The van der Waals surface area contributed by atoms with Crippen molar-refractivity contribution in [3.63, 3.8) is 0 Å². The van der Waals surface area contributed by atoms with E-state index in [1.54, 1.807) is 0 Å². The van der Waals surface area contributed by atoms with Crippen molar-refractivity contribution >= 4 is 0 Å². The Kier molecular flexibility index (Phi) is 5.06. The lowest BCUT2D eigenvalue weighted by molar-refractivity contribution is 0.209. The van der Waals surface area contributed by atoms with Crippen molar-refractivity contribution in [2.45, 2.75) is 52.7 Å². The molecule has 1 aliphatic carbocycles. The highest BCUT2D eigenvalue weighted by molar-refractivity contribution is 5.17. The Hall–Kier alpha value is -0.800. The first kappa shape index (κ1) is 14.6. The fraction of sp³-hybridized carbons (Fsp3) is 0.750. The molecule has 108 valence electrons. The molecule has 1 heterocycles. The van der Waals surface area contributed by atoms with Crippen LogP contribution in [0.15, 0.2) is 16.7 Å². The normalized spacial score (nSPS) is 17.4. The largest absolute Gasteiger partial charge is 0.468 e. The van der Waals surface area contributed by atoms with Gasteiger partial charge in [-0.15, -0.1) is 0 Å². The van der Waals surface area contributed by atoms with Gasteiger partial charge < -0.3 is 9.73 Å². The van der Waals surface area contributed by atoms with E-state index in [9.17, 15) is 0 Å². The quantitative estimate of drug-likeness (QED) is 0.781. The molecule has 1 fully saturated rings. The number of nitrogens with zero attached hydrogens (tertiary/aromatic N) is 1. The Morgan fingerprint density at radius 1 is 1.37 bits per heavy atom. The van der Waals surface area contributed by atoms with Crippen molar-refractivity contribution in [2.24, 2.45) is 11.8 Å². The molecular formula is C16H28N2O. The van der Waals surface area contributed by atoms with Gasteiger partial charge in [0.15, 0.2) is 0 Å². The van der Waals surface area contributed by atoms with Crippen LogP contribution in [0.5, 0.6) is 0 Å². The Bertz CT molecular complexity index is 382. The molecule has 1 saturated carbocycles. The SMILES string of the molecule is CC(C)CNCc1ccoc1CN(C)C(C)C1CC1. The molecule has 1 atom stereocenters. The molecule has 19 heavy (non-hydrogen) atoms. The summed E-state index contributed by atoms with van der Waals surface area (Å²) in [6.07, 6.45) is 4.61. The van der Waals surface area contributed by atoms with Gasteiger partial charge in [0.25, 0.3) is 0 Å². The van der Waals surface area contributed by atoms with E-state index in [0.29, 0.717) is 12.0 Å². The van der Waals surface area contributed by atoms with E-state index in [2.05, 4.69) is 44.1 Å². The van der Waals surface area contributed by atoms with E-state index < -0.39 is 0 Å². The minimum atomic E-state index is 0.668. The fourth-order valence-electron chi connectivity index (χ4n) is 2.47. The molecule has 0 aliphatic heterocycles. The molecule has 1 aromatic heterocycles. The third kappa shape index (κ3) is 4.36. The summed E-state index contributed by atoms with van der Waals surface area (Å²) >= 11 is 0. The standard InChI is InChI=1S/C16H28N2O/c1-12(2)9-17-10-15-7-8-19-16(15)11-18(4)13(3)14-5-6-14/h7-8,12-14,17H,5-6,9-11H2,1-4H3. The van der Waals surface area contributed by atoms with Crippen LogP contribution in [0.25, 0.3) is 0 Å². The second-order valence-electron chi connectivity index (χ2n) is 6.39. The van der Waals surface area contributed by atoms with Gasteiger partial charge in [0.05, 0.1) is 12.8 Å². The second kappa shape index (κ2) is 6.58. The average molecular weight is 264 g/mol. The first-order valence-corrected chi connectivity index (χ1v) is 7.54. The van der Waals surface area contributed by atoms with Crippen molar-refractivity contribution < 1.29 is 4.42 Å². The summed E-state index contributed by atoms with van der Waals surface area (Å²) in [4.78, 5) is 2.42. The molecule has 0 bridgehead atoms. The predicted molar refractivity (Wildman–Crippen MR) is 78.9 cm³/mol. The molecule has 2 rings (SSSR count). The van der Waals surface area contributed by atoms with E-state index in [1.165, 1.54) is 18.4 Å². The van der Waals surface area contributed by atoms with Gasteiger partial charge in [-0.3, -0.25) is 4.90 Å². The zero-order chi connectivity index (χ0) is 13.8. The highest BCUT2D eigenvalue weighted by Gasteiger charge is 2.30. The molecule has 0 amide bonds.